The molecule has 0 bridgehead atoms. The zero-order valence-electron chi connectivity index (χ0n) is 6.19. The Morgan fingerprint density at radius 3 is 2.75 bits per heavy atom. The van der Waals surface area contributed by atoms with E-state index in [0.29, 0.717) is 0 Å². The molecule has 0 amide bonds. The molecule has 0 radical (unpaired) electrons. The number of hydrogen-bond acceptors (Lipinski definition) is 2. The van der Waals surface area contributed by atoms with Crippen LogP contribution in [0.15, 0.2) is 8.26 Å². The second-order valence-corrected chi connectivity index (χ2v) is 5.73. The highest BCUT2D eigenvalue weighted by Crippen LogP contribution is 2.38. The molecule has 1 aliphatic heterocycles. The normalized spacial score (nSPS) is 15.2. The van der Waals surface area contributed by atoms with E-state index in [4.69, 9.17) is 0 Å². The first-order valence-electron chi connectivity index (χ1n) is 3.45. The molecule has 0 aliphatic carbocycles. The zero-order chi connectivity index (χ0) is 7.84. The third-order valence-electron chi connectivity index (χ3n) is 1.82. The van der Waals surface area contributed by atoms with Gasteiger partial charge in [0.2, 0.25) is 0 Å². The Bertz CT molecular complexity index is 284. The summed E-state index contributed by atoms with van der Waals surface area (Å²) in [7, 11) is 0. The average molecular weight is 378 g/mol. The van der Waals surface area contributed by atoms with Crippen LogP contribution in [0.25, 0.3) is 0 Å². The third-order valence-corrected chi connectivity index (χ3v) is 5.45. The summed E-state index contributed by atoms with van der Waals surface area (Å²) in [6.07, 6.45) is 1.17. The van der Waals surface area contributed by atoms with Crippen LogP contribution >= 0.6 is 60.2 Å². The summed E-state index contributed by atoms with van der Waals surface area (Å²) in [5.74, 6) is 0. The maximum atomic E-state index is 3.56. The number of rotatable bonds is 0. The number of halogens is 3. The lowest BCUT2D eigenvalue weighted by atomic mass is 10.1. The van der Waals surface area contributed by atoms with Crippen molar-refractivity contribution in [1.29, 1.82) is 0 Å². The van der Waals surface area contributed by atoms with Crippen molar-refractivity contribution >= 4 is 60.2 Å². The quantitative estimate of drug-likeness (QED) is 0.729. The molecule has 0 fully saturated rings. The van der Waals surface area contributed by atoms with Crippen molar-refractivity contribution in [2.24, 2.45) is 0 Å². The Kier molecular flexibility index (Phi) is 4.24. The zero-order valence-corrected chi connectivity index (χ0v) is 11.9. The molecule has 0 saturated carbocycles. The van der Waals surface area contributed by atoms with Crippen LogP contribution < -0.4 is 5.32 Å². The van der Waals surface area contributed by atoms with Gasteiger partial charge < -0.3 is 5.32 Å². The Morgan fingerprint density at radius 1 is 1.33 bits per heavy atom. The monoisotopic (exact) mass is 375 g/mol. The smallest absolute Gasteiger partial charge is 0.0846 e. The molecule has 68 valence electrons. The highest BCUT2D eigenvalue weighted by Gasteiger charge is 2.16. The van der Waals surface area contributed by atoms with Gasteiger partial charge in [-0.1, -0.05) is 0 Å². The molecule has 1 N–H and O–H groups in total. The SMILES string of the molecule is Br.Brc1sc2c(c1Br)CNCC2. The first-order chi connectivity index (χ1) is 5.29. The minimum atomic E-state index is 0. The number of nitrogens with one attached hydrogen (secondary N) is 1. The van der Waals surface area contributed by atoms with E-state index in [1.165, 1.54) is 25.1 Å². The lowest BCUT2D eigenvalue weighted by Gasteiger charge is -2.12. The third kappa shape index (κ3) is 1.95. The first kappa shape index (κ1) is 11.2. The first-order valence-corrected chi connectivity index (χ1v) is 5.85. The molecule has 2 heterocycles. The molecule has 1 nitrogen and oxygen atoms in total. The molecule has 0 unspecified atom stereocenters. The van der Waals surface area contributed by atoms with Crippen LogP contribution in [-0.4, -0.2) is 6.54 Å². The Morgan fingerprint density at radius 2 is 2.08 bits per heavy atom. The van der Waals surface area contributed by atoms with Crippen LogP contribution in [0.2, 0.25) is 0 Å². The van der Waals surface area contributed by atoms with Crippen LogP contribution in [0.1, 0.15) is 10.4 Å². The van der Waals surface area contributed by atoms with Gasteiger partial charge in [-0.2, -0.15) is 0 Å². The van der Waals surface area contributed by atoms with Gasteiger partial charge in [-0.25, -0.2) is 0 Å². The molecule has 5 heteroatoms. The van der Waals surface area contributed by atoms with Crippen LogP contribution in [0.4, 0.5) is 0 Å². The predicted octanol–water partition coefficient (Wildman–Crippen LogP) is 3.50. The van der Waals surface area contributed by atoms with Crippen LogP contribution in [0.3, 0.4) is 0 Å². The molecule has 0 aromatic carbocycles. The fourth-order valence-electron chi connectivity index (χ4n) is 1.25. The molecule has 12 heavy (non-hydrogen) atoms. The summed E-state index contributed by atoms with van der Waals surface area (Å²) in [6, 6.07) is 0. The summed E-state index contributed by atoms with van der Waals surface area (Å²) in [5.41, 5.74) is 1.44. The number of hydrogen-bond donors (Lipinski definition) is 1. The molecule has 1 aromatic heterocycles. The maximum Gasteiger partial charge on any atom is 0.0846 e. The average Bonchev–Trinajstić information content (AvgIpc) is 2.30. The molecule has 0 atom stereocenters. The van der Waals surface area contributed by atoms with Gasteiger partial charge in [0, 0.05) is 22.4 Å². The maximum absolute atomic E-state index is 3.56. The van der Waals surface area contributed by atoms with Crippen LogP contribution in [0.5, 0.6) is 0 Å². The standard InChI is InChI=1S/C7H7Br2NS.BrH/c8-6-4-3-10-2-1-5(4)11-7(6)9;/h10H,1-3H2;1H. The van der Waals surface area contributed by atoms with Gasteiger partial charge in [-0.15, -0.1) is 28.3 Å². The summed E-state index contributed by atoms with van der Waals surface area (Å²) in [6.45, 7) is 2.13. The highest BCUT2D eigenvalue weighted by atomic mass is 79.9. The molecule has 0 saturated heterocycles. The van der Waals surface area contributed by atoms with Gasteiger partial charge in [0.15, 0.2) is 0 Å². The van der Waals surface area contributed by atoms with E-state index >= 15 is 0 Å². The van der Waals surface area contributed by atoms with Gasteiger partial charge in [0.1, 0.15) is 0 Å². The minimum absolute atomic E-state index is 0. The Balaban J connectivity index is 0.000000720. The Labute approximate surface area is 103 Å². The van der Waals surface area contributed by atoms with Crippen molar-refractivity contribution in [3.05, 3.63) is 18.7 Å². The van der Waals surface area contributed by atoms with Gasteiger partial charge in [0.25, 0.3) is 0 Å². The molecule has 2 rings (SSSR count). The molecular weight excluding hydrogens is 370 g/mol. The second-order valence-electron chi connectivity index (χ2n) is 2.52. The van der Waals surface area contributed by atoms with Crippen molar-refractivity contribution < 1.29 is 0 Å². The van der Waals surface area contributed by atoms with Gasteiger partial charge in [0.05, 0.1) is 3.79 Å². The van der Waals surface area contributed by atoms with E-state index in [9.17, 15) is 0 Å². The summed E-state index contributed by atoms with van der Waals surface area (Å²) in [5, 5.41) is 3.35. The van der Waals surface area contributed by atoms with E-state index < -0.39 is 0 Å². The second kappa shape index (κ2) is 4.55. The largest absolute Gasteiger partial charge is 0.312 e. The summed E-state index contributed by atoms with van der Waals surface area (Å²) >= 11 is 8.93. The predicted molar refractivity (Wildman–Crippen MR) is 65.5 cm³/mol. The fraction of sp³-hybridized carbons (Fsp3) is 0.429. The van der Waals surface area contributed by atoms with Crippen molar-refractivity contribution in [2.45, 2.75) is 13.0 Å². The van der Waals surface area contributed by atoms with Gasteiger partial charge in [-0.05, 0) is 43.8 Å². The van der Waals surface area contributed by atoms with Gasteiger partial charge >= 0.3 is 0 Å². The molecule has 1 aliphatic rings. The topological polar surface area (TPSA) is 12.0 Å². The lowest BCUT2D eigenvalue weighted by Crippen LogP contribution is -2.22. The van der Waals surface area contributed by atoms with E-state index in [1.807, 2.05) is 11.3 Å². The molecule has 1 aromatic rings. The minimum Gasteiger partial charge on any atom is -0.312 e. The highest BCUT2D eigenvalue weighted by molar-refractivity contribution is 9.13. The van der Waals surface area contributed by atoms with E-state index in [0.717, 1.165) is 13.1 Å². The van der Waals surface area contributed by atoms with E-state index in [2.05, 4.69) is 37.2 Å². The molecular formula is C7H8Br3NS. The van der Waals surface area contributed by atoms with Crippen molar-refractivity contribution in [1.82, 2.24) is 5.32 Å². The molecule has 0 spiro atoms. The van der Waals surface area contributed by atoms with Crippen molar-refractivity contribution in [2.75, 3.05) is 6.54 Å². The number of fused-ring (bicyclic) bond motifs is 1. The summed E-state index contributed by atoms with van der Waals surface area (Å²) in [4.78, 5) is 1.52. The van der Waals surface area contributed by atoms with E-state index in [-0.39, 0.29) is 17.0 Å². The van der Waals surface area contributed by atoms with Crippen molar-refractivity contribution in [3.63, 3.8) is 0 Å². The fourth-order valence-corrected chi connectivity index (χ4v) is 3.76. The Hall–Kier alpha value is 1.10. The van der Waals surface area contributed by atoms with Crippen LogP contribution in [0, 0.1) is 0 Å². The lowest BCUT2D eigenvalue weighted by molar-refractivity contribution is 0.651. The van der Waals surface area contributed by atoms with Crippen LogP contribution in [-0.2, 0) is 13.0 Å². The van der Waals surface area contributed by atoms with E-state index in [1.54, 1.807) is 0 Å². The number of thiophene rings is 1. The van der Waals surface area contributed by atoms with Gasteiger partial charge in [-0.3, -0.25) is 0 Å². The summed E-state index contributed by atoms with van der Waals surface area (Å²) < 4.78 is 2.47. The van der Waals surface area contributed by atoms with Crippen molar-refractivity contribution in [3.8, 4) is 0 Å².